The van der Waals surface area contributed by atoms with Gasteiger partial charge in [-0.2, -0.15) is 5.10 Å². The van der Waals surface area contributed by atoms with Crippen molar-refractivity contribution in [3.8, 4) is 0 Å². The molecule has 0 atom stereocenters. The fourth-order valence-corrected chi connectivity index (χ4v) is 0.682. The van der Waals surface area contributed by atoms with Crippen LogP contribution in [0.25, 0.3) is 0 Å². The minimum Gasteiger partial charge on any atom is -0.293 e. The van der Waals surface area contributed by atoms with Crippen LogP contribution >= 0.6 is 0 Å². The molecular weight excluding hydrogens is 168 g/mol. The van der Waals surface area contributed by atoms with Crippen molar-refractivity contribution in [3.05, 3.63) is 12.7 Å². The first kappa shape index (κ1) is 8.76. The van der Waals surface area contributed by atoms with Crippen LogP contribution in [0.3, 0.4) is 0 Å². The molecule has 0 aliphatic rings. The summed E-state index contributed by atoms with van der Waals surface area (Å²) in [6.45, 7) is 0.156. The summed E-state index contributed by atoms with van der Waals surface area (Å²) in [6.07, 6.45) is -0.430. The second-order valence-electron chi connectivity index (χ2n) is 2.18. The van der Waals surface area contributed by atoms with Crippen molar-refractivity contribution >= 4 is 5.78 Å². The number of halogens is 2. The molecule has 0 amide bonds. The van der Waals surface area contributed by atoms with Gasteiger partial charge in [0.05, 0.1) is 0 Å². The average molecular weight is 175 g/mol. The first-order valence-corrected chi connectivity index (χ1v) is 3.33. The molecule has 0 aromatic carbocycles. The van der Waals surface area contributed by atoms with Gasteiger partial charge in [-0.25, -0.2) is 13.8 Å². The summed E-state index contributed by atoms with van der Waals surface area (Å²) < 4.78 is 24.7. The molecule has 1 heterocycles. The van der Waals surface area contributed by atoms with Crippen molar-refractivity contribution in [3.63, 3.8) is 0 Å². The van der Waals surface area contributed by atoms with Crippen LogP contribution in [0, 0.1) is 0 Å². The van der Waals surface area contributed by atoms with E-state index in [1.807, 2.05) is 0 Å². The average Bonchev–Trinajstić information content (AvgIpc) is 2.51. The van der Waals surface area contributed by atoms with E-state index in [2.05, 4.69) is 10.1 Å². The molecule has 0 N–H and O–H groups in total. The number of aromatic nitrogens is 3. The van der Waals surface area contributed by atoms with E-state index >= 15 is 0 Å². The number of ketones is 1. The zero-order valence-corrected chi connectivity index (χ0v) is 6.15. The first-order valence-electron chi connectivity index (χ1n) is 3.33. The molecule has 66 valence electrons. The van der Waals surface area contributed by atoms with Gasteiger partial charge in [-0.1, -0.05) is 0 Å². The number of hydrogen-bond donors (Lipinski definition) is 0. The largest absolute Gasteiger partial charge is 0.296 e. The van der Waals surface area contributed by atoms with E-state index in [9.17, 15) is 13.6 Å². The summed E-state index contributed by atoms with van der Waals surface area (Å²) in [6, 6.07) is 0. The van der Waals surface area contributed by atoms with Crippen molar-refractivity contribution < 1.29 is 13.6 Å². The summed E-state index contributed by atoms with van der Waals surface area (Å²) in [4.78, 5) is 14.0. The fourth-order valence-electron chi connectivity index (χ4n) is 0.682. The standard InChI is InChI=1S/C6H7F2N3O/c7-6(8)5(12)1-2-11-4-9-3-10-11/h3-4,6H,1-2H2. The molecule has 0 spiro atoms. The number of hydrogen-bond acceptors (Lipinski definition) is 3. The van der Waals surface area contributed by atoms with Crippen LogP contribution in [0.15, 0.2) is 12.7 Å². The molecule has 0 aliphatic heterocycles. The number of aryl methyl sites for hydroxylation is 1. The number of alkyl halides is 2. The fraction of sp³-hybridized carbons (Fsp3) is 0.500. The Hall–Kier alpha value is -1.33. The van der Waals surface area contributed by atoms with Gasteiger partial charge in [0.15, 0.2) is 0 Å². The normalized spacial score (nSPS) is 10.6. The molecular formula is C6H7F2N3O. The number of carbonyl (C=O) groups excluding carboxylic acids is 1. The van der Waals surface area contributed by atoms with E-state index in [4.69, 9.17) is 0 Å². The Bertz CT molecular complexity index is 247. The van der Waals surface area contributed by atoms with Crippen molar-refractivity contribution in [2.24, 2.45) is 0 Å². The van der Waals surface area contributed by atoms with Crippen LogP contribution < -0.4 is 0 Å². The van der Waals surface area contributed by atoms with Gasteiger partial charge < -0.3 is 0 Å². The highest BCUT2D eigenvalue weighted by molar-refractivity contribution is 5.81. The lowest BCUT2D eigenvalue weighted by atomic mass is 10.3. The molecule has 0 saturated carbocycles. The second-order valence-corrected chi connectivity index (χ2v) is 2.18. The summed E-state index contributed by atoms with van der Waals surface area (Å²) >= 11 is 0. The Morgan fingerprint density at radius 1 is 1.58 bits per heavy atom. The van der Waals surface area contributed by atoms with Crippen molar-refractivity contribution in [1.82, 2.24) is 14.8 Å². The maximum Gasteiger partial charge on any atom is 0.296 e. The van der Waals surface area contributed by atoms with E-state index in [1.165, 1.54) is 17.3 Å². The molecule has 4 nitrogen and oxygen atoms in total. The Balaban J connectivity index is 2.32. The smallest absolute Gasteiger partial charge is 0.293 e. The number of rotatable bonds is 4. The molecule has 0 aliphatic carbocycles. The third-order valence-electron chi connectivity index (χ3n) is 1.30. The van der Waals surface area contributed by atoms with Gasteiger partial charge in [0.25, 0.3) is 6.43 Å². The van der Waals surface area contributed by atoms with Crippen LogP contribution in [0.1, 0.15) is 6.42 Å². The molecule has 1 aromatic heterocycles. The molecule has 6 heteroatoms. The second kappa shape index (κ2) is 3.89. The van der Waals surface area contributed by atoms with Gasteiger partial charge >= 0.3 is 0 Å². The van der Waals surface area contributed by atoms with Crippen LogP contribution in [-0.4, -0.2) is 27.0 Å². The highest BCUT2D eigenvalue weighted by Crippen LogP contribution is 1.99. The lowest BCUT2D eigenvalue weighted by Crippen LogP contribution is -2.13. The third kappa shape index (κ3) is 2.37. The summed E-state index contributed by atoms with van der Waals surface area (Å²) in [5.41, 5.74) is 0. The summed E-state index contributed by atoms with van der Waals surface area (Å²) in [5, 5.41) is 3.66. The van der Waals surface area contributed by atoms with Gasteiger partial charge in [-0.3, -0.25) is 9.48 Å². The highest BCUT2D eigenvalue weighted by atomic mass is 19.3. The van der Waals surface area contributed by atoms with Crippen LogP contribution in [0.4, 0.5) is 8.78 Å². The molecule has 0 saturated heterocycles. The molecule has 0 radical (unpaired) electrons. The third-order valence-corrected chi connectivity index (χ3v) is 1.30. The summed E-state index contributed by atoms with van der Waals surface area (Å²) in [5.74, 6) is -1.06. The maximum atomic E-state index is 11.7. The lowest BCUT2D eigenvalue weighted by molar-refractivity contribution is -0.129. The predicted molar refractivity (Wildman–Crippen MR) is 35.7 cm³/mol. The van der Waals surface area contributed by atoms with Gasteiger partial charge in [0, 0.05) is 13.0 Å². The Labute approximate surface area is 67.2 Å². The minimum absolute atomic E-state index is 0.156. The van der Waals surface area contributed by atoms with Crippen molar-refractivity contribution in [2.75, 3.05) is 0 Å². The van der Waals surface area contributed by atoms with Crippen LogP contribution in [0.5, 0.6) is 0 Å². The highest BCUT2D eigenvalue weighted by Gasteiger charge is 2.14. The molecule has 1 aromatic rings. The molecule has 0 fully saturated rings. The molecule has 0 unspecified atom stereocenters. The van der Waals surface area contributed by atoms with Gasteiger partial charge in [0.2, 0.25) is 5.78 Å². The van der Waals surface area contributed by atoms with Gasteiger partial charge in [-0.05, 0) is 0 Å². The van der Waals surface area contributed by atoms with E-state index in [1.54, 1.807) is 0 Å². The lowest BCUT2D eigenvalue weighted by Gasteiger charge is -1.98. The zero-order chi connectivity index (χ0) is 8.97. The SMILES string of the molecule is O=C(CCn1cncn1)C(F)F. The van der Waals surface area contributed by atoms with Crippen LogP contribution in [0.2, 0.25) is 0 Å². The summed E-state index contributed by atoms with van der Waals surface area (Å²) in [7, 11) is 0. The number of Topliss-reactive ketones (excluding diaryl/α,β-unsaturated/α-hetero) is 1. The van der Waals surface area contributed by atoms with Crippen molar-refractivity contribution in [2.45, 2.75) is 19.4 Å². The topological polar surface area (TPSA) is 47.8 Å². The number of nitrogens with zero attached hydrogens (tertiary/aromatic N) is 3. The van der Waals surface area contributed by atoms with E-state index in [-0.39, 0.29) is 13.0 Å². The monoisotopic (exact) mass is 175 g/mol. The molecule has 12 heavy (non-hydrogen) atoms. The zero-order valence-electron chi connectivity index (χ0n) is 6.15. The van der Waals surface area contributed by atoms with Crippen molar-refractivity contribution in [1.29, 1.82) is 0 Å². The Morgan fingerprint density at radius 3 is 2.83 bits per heavy atom. The van der Waals surface area contributed by atoms with Gasteiger partial charge in [0.1, 0.15) is 12.7 Å². The molecule has 0 bridgehead atoms. The quantitative estimate of drug-likeness (QED) is 0.669. The van der Waals surface area contributed by atoms with Crippen LogP contribution in [-0.2, 0) is 11.3 Å². The van der Waals surface area contributed by atoms with E-state index < -0.39 is 12.2 Å². The Kier molecular flexibility index (Phi) is 2.84. The van der Waals surface area contributed by atoms with Gasteiger partial charge in [-0.15, -0.1) is 0 Å². The van der Waals surface area contributed by atoms with E-state index in [0.717, 1.165) is 0 Å². The molecule has 1 rings (SSSR count). The first-order chi connectivity index (χ1) is 5.70. The number of carbonyl (C=O) groups is 1. The maximum absolute atomic E-state index is 11.7. The Morgan fingerprint density at radius 2 is 2.33 bits per heavy atom. The minimum atomic E-state index is -2.88. The predicted octanol–water partition coefficient (Wildman–Crippen LogP) is 0.502. The van der Waals surface area contributed by atoms with E-state index in [0.29, 0.717) is 0 Å².